The number of rotatable bonds is 9. The van der Waals surface area contributed by atoms with Crippen LogP contribution in [-0.4, -0.2) is 48.0 Å². The molecule has 0 saturated carbocycles. The number of sulfonamides is 1. The van der Waals surface area contributed by atoms with E-state index in [2.05, 4.69) is 5.32 Å². The lowest BCUT2D eigenvalue weighted by molar-refractivity contribution is -0.118. The lowest BCUT2D eigenvalue weighted by Gasteiger charge is -2.20. The molecule has 0 saturated heterocycles. The van der Waals surface area contributed by atoms with Crippen LogP contribution in [-0.2, 0) is 14.8 Å². The van der Waals surface area contributed by atoms with Crippen LogP contribution in [0.25, 0.3) is 0 Å². The molecule has 2 aromatic carbocycles. The Bertz CT molecular complexity index is 913. The Morgan fingerprint density at radius 2 is 1.68 bits per heavy atom. The first-order valence-corrected chi connectivity index (χ1v) is 10.4. The molecule has 28 heavy (non-hydrogen) atoms. The summed E-state index contributed by atoms with van der Waals surface area (Å²) in [6.07, 6.45) is 1.15. The number of benzene rings is 2. The third-order valence-electron chi connectivity index (χ3n) is 3.86. The molecule has 1 N–H and O–H groups in total. The number of amides is 1. The molecule has 2 aromatic rings. The van der Waals surface area contributed by atoms with Gasteiger partial charge in [0, 0.05) is 12.6 Å². The van der Waals surface area contributed by atoms with Gasteiger partial charge in [0.2, 0.25) is 10.0 Å². The van der Waals surface area contributed by atoms with Crippen LogP contribution < -0.4 is 23.8 Å². The van der Waals surface area contributed by atoms with Crippen molar-refractivity contribution in [3.8, 4) is 17.2 Å². The van der Waals surface area contributed by atoms with Crippen molar-refractivity contribution >= 4 is 27.3 Å². The Morgan fingerprint density at radius 1 is 1.04 bits per heavy atom. The fourth-order valence-electron chi connectivity index (χ4n) is 2.55. The maximum absolute atomic E-state index is 12.2. The summed E-state index contributed by atoms with van der Waals surface area (Å²) >= 11 is 0. The molecule has 0 aliphatic heterocycles. The Kier molecular flexibility index (Phi) is 7.11. The van der Waals surface area contributed by atoms with Crippen molar-refractivity contribution in [2.75, 3.05) is 43.2 Å². The lowest BCUT2D eigenvalue weighted by Crippen LogP contribution is -2.29. The Labute approximate surface area is 165 Å². The minimum absolute atomic E-state index is 0.210. The van der Waals surface area contributed by atoms with Crippen LogP contribution in [0.3, 0.4) is 0 Å². The number of nitrogens with one attached hydrogen (secondary N) is 1. The molecule has 9 heteroatoms. The molecular weight excluding hydrogens is 384 g/mol. The van der Waals surface area contributed by atoms with Gasteiger partial charge >= 0.3 is 0 Å². The zero-order chi connectivity index (χ0) is 20.7. The molecule has 2 rings (SSSR count). The highest BCUT2D eigenvalue weighted by Gasteiger charge is 2.15. The number of carbonyl (C=O) groups excluding carboxylic acids is 1. The van der Waals surface area contributed by atoms with E-state index in [0.29, 0.717) is 35.2 Å². The van der Waals surface area contributed by atoms with E-state index in [4.69, 9.17) is 14.2 Å². The van der Waals surface area contributed by atoms with Gasteiger partial charge in [-0.1, -0.05) is 0 Å². The summed E-state index contributed by atoms with van der Waals surface area (Å²) in [7, 11) is -0.303. The molecule has 0 radical (unpaired) electrons. The van der Waals surface area contributed by atoms with Gasteiger partial charge in [0.15, 0.2) is 6.61 Å². The smallest absolute Gasteiger partial charge is 0.262 e. The van der Waals surface area contributed by atoms with Crippen molar-refractivity contribution in [1.82, 2.24) is 0 Å². The average Bonchev–Trinajstić information content (AvgIpc) is 2.67. The normalized spacial score (nSPS) is 10.9. The molecule has 0 heterocycles. The predicted molar refractivity (Wildman–Crippen MR) is 108 cm³/mol. The van der Waals surface area contributed by atoms with E-state index in [0.717, 1.165) is 6.26 Å². The highest BCUT2D eigenvalue weighted by atomic mass is 32.2. The Morgan fingerprint density at radius 3 is 2.21 bits per heavy atom. The molecule has 8 nitrogen and oxygen atoms in total. The van der Waals surface area contributed by atoms with Crippen molar-refractivity contribution in [3.63, 3.8) is 0 Å². The van der Waals surface area contributed by atoms with Crippen molar-refractivity contribution in [1.29, 1.82) is 0 Å². The fraction of sp³-hybridized carbons (Fsp3) is 0.316. The van der Waals surface area contributed by atoms with Gasteiger partial charge in [-0.2, -0.15) is 0 Å². The summed E-state index contributed by atoms with van der Waals surface area (Å²) in [5.41, 5.74) is 1.03. The van der Waals surface area contributed by atoms with Crippen LogP contribution in [0, 0.1) is 0 Å². The van der Waals surface area contributed by atoms with Crippen molar-refractivity contribution in [2.45, 2.75) is 6.92 Å². The molecule has 0 fully saturated rings. The zero-order valence-electron chi connectivity index (χ0n) is 16.3. The fourth-order valence-corrected chi connectivity index (χ4v) is 3.53. The molecule has 0 atom stereocenters. The van der Waals surface area contributed by atoms with Gasteiger partial charge in [-0.15, -0.1) is 0 Å². The van der Waals surface area contributed by atoms with Crippen LogP contribution in [0.1, 0.15) is 6.92 Å². The van der Waals surface area contributed by atoms with Gasteiger partial charge < -0.3 is 19.5 Å². The monoisotopic (exact) mass is 408 g/mol. The minimum atomic E-state index is -3.35. The lowest BCUT2D eigenvalue weighted by atomic mass is 10.2. The van der Waals surface area contributed by atoms with Crippen LogP contribution in [0.15, 0.2) is 42.5 Å². The van der Waals surface area contributed by atoms with Crippen LogP contribution in [0.2, 0.25) is 0 Å². The second-order valence-electron chi connectivity index (χ2n) is 5.82. The molecule has 152 valence electrons. The Hall–Kier alpha value is -2.94. The number of methoxy groups -OCH3 is 2. The summed E-state index contributed by atoms with van der Waals surface area (Å²) in [6.45, 7) is 1.87. The standard InChI is InChI=1S/C19H24N2O6S/c1-5-21(28(4,23)24)14-6-8-15(9-7-14)27-13-19(22)20-17-11-10-16(25-2)12-18(17)26-3/h6-12H,5,13H2,1-4H3,(H,20,22). The zero-order valence-corrected chi connectivity index (χ0v) is 17.1. The first kappa shape index (κ1) is 21.4. The number of anilines is 2. The Balaban J connectivity index is 1.98. The number of carbonyl (C=O) groups is 1. The van der Waals surface area contributed by atoms with Crippen LogP contribution >= 0.6 is 0 Å². The summed E-state index contributed by atoms with van der Waals surface area (Å²) in [5.74, 6) is 1.17. The molecule has 0 unspecified atom stereocenters. The van der Waals surface area contributed by atoms with Crippen LogP contribution in [0.4, 0.5) is 11.4 Å². The molecule has 0 aliphatic rings. The quantitative estimate of drug-likeness (QED) is 0.685. The SMILES string of the molecule is CCN(c1ccc(OCC(=O)Nc2ccc(OC)cc2OC)cc1)S(C)(=O)=O. The second-order valence-corrected chi connectivity index (χ2v) is 7.73. The van der Waals surface area contributed by atoms with E-state index in [1.807, 2.05) is 0 Å². The number of ether oxygens (including phenoxy) is 3. The van der Waals surface area contributed by atoms with Gasteiger partial charge in [-0.3, -0.25) is 9.10 Å². The molecule has 0 bridgehead atoms. The van der Waals surface area contributed by atoms with Crippen LogP contribution in [0.5, 0.6) is 17.2 Å². The van der Waals surface area contributed by atoms with Gasteiger partial charge in [0.25, 0.3) is 5.91 Å². The van der Waals surface area contributed by atoms with Crippen molar-refractivity contribution in [2.24, 2.45) is 0 Å². The summed E-state index contributed by atoms with van der Waals surface area (Å²) in [4.78, 5) is 12.2. The summed E-state index contributed by atoms with van der Waals surface area (Å²) in [6, 6.07) is 11.5. The van der Waals surface area contributed by atoms with E-state index >= 15 is 0 Å². The topological polar surface area (TPSA) is 94.2 Å². The van der Waals surface area contributed by atoms with E-state index in [-0.39, 0.29) is 12.5 Å². The largest absolute Gasteiger partial charge is 0.497 e. The van der Waals surface area contributed by atoms with Crippen molar-refractivity contribution < 1.29 is 27.4 Å². The number of hydrogen-bond donors (Lipinski definition) is 1. The van der Waals surface area contributed by atoms with Gasteiger partial charge in [0.1, 0.15) is 17.2 Å². The van der Waals surface area contributed by atoms with E-state index in [1.54, 1.807) is 56.5 Å². The van der Waals surface area contributed by atoms with E-state index in [1.165, 1.54) is 11.4 Å². The number of nitrogens with zero attached hydrogens (tertiary/aromatic N) is 1. The second kappa shape index (κ2) is 9.32. The molecule has 0 aliphatic carbocycles. The maximum Gasteiger partial charge on any atom is 0.262 e. The third-order valence-corrected chi connectivity index (χ3v) is 5.13. The van der Waals surface area contributed by atoms with E-state index in [9.17, 15) is 13.2 Å². The minimum Gasteiger partial charge on any atom is -0.497 e. The molecule has 0 aromatic heterocycles. The number of hydrogen-bond acceptors (Lipinski definition) is 6. The highest BCUT2D eigenvalue weighted by Crippen LogP contribution is 2.29. The predicted octanol–water partition coefficient (Wildman–Crippen LogP) is 2.51. The summed E-state index contributed by atoms with van der Waals surface area (Å²) in [5, 5.41) is 2.71. The average molecular weight is 408 g/mol. The molecule has 0 spiro atoms. The first-order valence-electron chi connectivity index (χ1n) is 8.51. The first-order chi connectivity index (χ1) is 13.3. The molecular formula is C19H24N2O6S. The third kappa shape index (κ3) is 5.53. The summed E-state index contributed by atoms with van der Waals surface area (Å²) < 4.78 is 40.6. The van der Waals surface area contributed by atoms with Gasteiger partial charge in [-0.25, -0.2) is 8.42 Å². The highest BCUT2D eigenvalue weighted by molar-refractivity contribution is 7.92. The van der Waals surface area contributed by atoms with E-state index < -0.39 is 10.0 Å². The van der Waals surface area contributed by atoms with Gasteiger partial charge in [0.05, 0.1) is 31.9 Å². The van der Waals surface area contributed by atoms with Crippen molar-refractivity contribution in [3.05, 3.63) is 42.5 Å². The maximum atomic E-state index is 12.2. The molecule has 1 amide bonds. The van der Waals surface area contributed by atoms with Gasteiger partial charge in [-0.05, 0) is 43.3 Å².